The molecular formula is C21H25ClN2O3S. The Bertz CT molecular complexity index is 977. The van der Waals surface area contributed by atoms with Crippen LogP contribution < -0.4 is 5.32 Å². The minimum absolute atomic E-state index is 0.0845. The number of sulfonamides is 1. The van der Waals surface area contributed by atoms with Gasteiger partial charge < -0.3 is 5.32 Å². The predicted octanol–water partition coefficient (Wildman–Crippen LogP) is 3.76. The first-order valence-electron chi connectivity index (χ1n) is 9.31. The molecule has 0 aromatic heterocycles. The quantitative estimate of drug-likeness (QED) is 0.800. The van der Waals surface area contributed by atoms with Gasteiger partial charge in [0, 0.05) is 19.6 Å². The zero-order valence-corrected chi connectivity index (χ0v) is 17.7. The minimum atomic E-state index is -3.75. The largest absolute Gasteiger partial charge is 0.352 e. The van der Waals surface area contributed by atoms with E-state index in [0.29, 0.717) is 25.9 Å². The van der Waals surface area contributed by atoms with E-state index in [-0.39, 0.29) is 22.4 Å². The lowest BCUT2D eigenvalue weighted by atomic mass is 9.82. The van der Waals surface area contributed by atoms with E-state index in [1.54, 1.807) is 18.2 Å². The second kappa shape index (κ2) is 8.23. The van der Waals surface area contributed by atoms with E-state index in [2.05, 4.69) is 5.32 Å². The lowest BCUT2D eigenvalue weighted by Gasteiger charge is -2.38. The maximum Gasteiger partial charge on any atom is 0.244 e. The number of halogens is 1. The summed E-state index contributed by atoms with van der Waals surface area (Å²) in [6, 6.07) is 14.3. The minimum Gasteiger partial charge on any atom is -0.352 e. The maximum absolute atomic E-state index is 13.1. The standard InChI is InChI=1S/C21H25ClN2O3S/c1-16-8-3-4-9-17(16)14-23-20(25)21(2)12-7-13-24(15-21)28(26,27)19-11-6-5-10-18(19)22/h3-6,8-11H,7,12-15H2,1-2H3,(H,23,25). The summed E-state index contributed by atoms with van der Waals surface area (Å²) in [6.45, 7) is 4.78. The first-order valence-corrected chi connectivity index (χ1v) is 11.1. The first kappa shape index (κ1) is 20.8. The molecule has 1 aliphatic heterocycles. The van der Waals surface area contributed by atoms with Crippen LogP contribution in [0.1, 0.15) is 30.9 Å². The topological polar surface area (TPSA) is 66.5 Å². The highest BCUT2D eigenvalue weighted by molar-refractivity contribution is 7.89. The van der Waals surface area contributed by atoms with Gasteiger partial charge in [-0.15, -0.1) is 0 Å². The molecule has 28 heavy (non-hydrogen) atoms. The van der Waals surface area contributed by atoms with Gasteiger partial charge in [0.1, 0.15) is 4.90 Å². The molecule has 2 aromatic rings. The molecule has 2 aromatic carbocycles. The molecule has 0 aliphatic carbocycles. The Hall–Kier alpha value is -1.89. The Balaban J connectivity index is 1.75. The lowest BCUT2D eigenvalue weighted by molar-refractivity contribution is -0.132. The number of hydrogen-bond donors (Lipinski definition) is 1. The van der Waals surface area contributed by atoms with E-state index in [9.17, 15) is 13.2 Å². The highest BCUT2D eigenvalue weighted by Crippen LogP contribution is 2.34. The molecule has 0 bridgehead atoms. The third kappa shape index (κ3) is 4.24. The molecule has 1 saturated heterocycles. The van der Waals surface area contributed by atoms with Crippen LogP contribution in [0.5, 0.6) is 0 Å². The summed E-state index contributed by atoms with van der Waals surface area (Å²) in [6.07, 6.45) is 1.26. The molecule has 0 radical (unpaired) electrons. The molecule has 1 N–H and O–H groups in total. The molecule has 5 nitrogen and oxygen atoms in total. The zero-order chi connectivity index (χ0) is 20.4. The predicted molar refractivity (Wildman–Crippen MR) is 111 cm³/mol. The average molecular weight is 421 g/mol. The van der Waals surface area contributed by atoms with Crippen molar-refractivity contribution < 1.29 is 13.2 Å². The Morgan fingerprint density at radius 2 is 1.86 bits per heavy atom. The normalized spacial score (nSPS) is 20.7. The van der Waals surface area contributed by atoms with Crippen molar-refractivity contribution in [3.05, 3.63) is 64.7 Å². The van der Waals surface area contributed by atoms with Crippen molar-refractivity contribution in [2.24, 2.45) is 5.41 Å². The van der Waals surface area contributed by atoms with E-state index in [0.717, 1.165) is 11.1 Å². The van der Waals surface area contributed by atoms with Crippen LogP contribution in [0.4, 0.5) is 0 Å². The van der Waals surface area contributed by atoms with Gasteiger partial charge in [0.2, 0.25) is 15.9 Å². The number of piperidine rings is 1. The number of nitrogens with zero attached hydrogens (tertiary/aromatic N) is 1. The van der Waals surface area contributed by atoms with E-state index in [1.807, 2.05) is 38.1 Å². The SMILES string of the molecule is Cc1ccccc1CNC(=O)C1(C)CCCN(S(=O)(=O)c2ccccc2Cl)C1. The molecule has 150 valence electrons. The van der Waals surface area contributed by atoms with Gasteiger partial charge in [-0.05, 0) is 49.9 Å². The van der Waals surface area contributed by atoms with Gasteiger partial charge in [-0.25, -0.2) is 8.42 Å². The molecule has 1 amide bonds. The van der Waals surface area contributed by atoms with E-state index < -0.39 is 15.4 Å². The summed E-state index contributed by atoms with van der Waals surface area (Å²) < 4.78 is 27.5. The molecule has 1 fully saturated rings. The summed E-state index contributed by atoms with van der Waals surface area (Å²) in [7, 11) is -3.75. The van der Waals surface area contributed by atoms with Gasteiger partial charge >= 0.3 is 0 Å². The van der Waals surface area contributed by atoms with Crippen molar-refractivity contribution >= 4 is 27.5 Å². The number of aryl methyl sites for hydroxylation is 1. The van der Waals surface area contributed by atoms with Gasteiger partial charge in [0.25, 0.3) is 0 Å². The number of carbonyl (C=O) groups excluding carboxylic acids is 1. The summed E-state index contributed by atoms with van der Waals surface area (Å²) in [5, 5.41) is 3.18. The Labute approximate surface area is 171 Å². The summed E-state index contributed by atoms with van der Waals surface area (Å²) in [5.74, 6) is -0.130. The van der Waals surface area contributed by atoms with E-state index in [4.69, 9.17) is 11.6 Å². The zero-order valence-electron chi connectivity index (χ0n) is 16.1. The fraction of sp³-hybridized carbons (Fsp3) is 0.381. The van der Waals surface area contributed by atoms with Crippen LogP contribution in [0, 0.1) is 12.3 Å². The molecule has 1 unspecified atom stereocenters. The summed E-state index contributed by atoms with van der Waals surface area (Å²) >= 11 is 6.11. The second-order valence-corrected chi connectivity index (χ2v) is 9.86. The number of rotatable bonds is 5. The highest BCUT2D eigenvalue weighted by atomic mass is 35.5. The summed E-state index contributed by atoms with van der Waals surface area (Å²) in [5.41, 5.74) is 1.38. The molecular weight excluding hydrogens is 396 g/mol. The summed E-state index contributed by atoms with van der Waals surface area (Å²) in [4.78, 5) is 13.0. The molecule has 7 heteroatoms. The third-order valence-electron chi connectivity index (χ3n) is 5.36. The van der Waals surface area contributed by atoms with E-state index in [1.165, 1.54) is 10.4 Å². The number of nitrogens with one attached hydrogen (secondary N) is 1. The van der Waals surface area contributed by atoms with Crippen molar-refractivity contribution in [2.45, 2.75) is 38.1 Å². The number of benzene rings is 2. The number of amides is 1. The molecule has 1 heterocycles. The van der Waals surface area contributed by atoms with Crippen molar-refractivity contribution in [2.75, 3.05) is 13.1 Å². The van der Waals surface area contributed by atoms with Gasteiger partial charge in [-0.3, -0.25) is 4.79 Å². The van der Waals surface area contributed by atoms with Gasteiger partial charge in [-0.1, -0.05) is 48.0 Å². The van der Waals surface area contributed by atoms with Crippen LogP contribution >= 0.6 is 11.6 Å². The smallest absolute Gasteiger partial charge is 0.244 e. The molecule has 3 rings (SSSR count). The van der Waals surface area contributed by atoms with Crippen LogP contribution in [0.2, 0.25) is 5.02 Å². The van der Waals surface area contributed by atoms with E-state index >= 15 is 0 Å². The monoisotopic (exact) mass is 420 g/mol. The van der Waals surface area contributed by atoms with Crippen LogP contribution in [0.3, 0.4) is 0 Å². The molecule has 0 spiro atoms. The Kier molecular flexibility index (Phi) is 6.12. The van der Waals surface area contributed by atoms with Gasteiger partial charge in [0.15, 0.2) is 0 Å². The van der Waals surface area contributed by atoms with Crippen LogP contribution in [0.15, 0.2) is 53.4 Å². The Morgan fingerprint density at radius 3 is 2.57 bits per heavy atom. The fourth-order valence-corrected chi connectivity index (χ4v) is 5.67. The maximum atomic E-state index is 13.1. The molecule has 0 saturated carbocycles. The molecule has 1 atom stereocenters. The van der Waals surface area contributed by atoms with Crippen molar-refractivity contribution in [3.63, 3.8) is 0 Å². The van der Waals surface area contributed by atoms with Gasteiger partial charge in [-0.2, -0.15) is 4.31 Å². The Morgan fingerprint density at radius 1 is 1.18 bits per heavy atom. The number of hydrogen-bond acceptors (Lipinski definition) is 3. The van der Waals surface area contributed by atoms with Crippen LogP contribution in [-0.2, 0) is 21.4 Å². The molecule has 1 aliphatic rings. The second-order valence-electron chi connectivity index (χ2n) is 7.54. The van der Waals surface area contributed by atoms with Crippen molar-refractivity contribution in [3.8, 4) is 0 Å². The average Bonchev–Trinajstić information content (AvgIpc) is 2.67. The number of carbonyl (C=O) groups is 1. The first-order chi connectivity index (χ1) is 13.2. The van der Waals surface area contributed by atoms with Crippen LogP contribution in [-0.4, -0.2) is 31.7 Å². The van der Waals surface area contributed by atoms with Crippen molar-refractivity contribution in [1.29, 1.82) is 0 Å². The third-order valence-corrected chi connectivity index (χ3v) is 7.71. The van der Waals surface area contributed by atoms with Crippen molar-refractivity contribution in [1.82, 2.24) is 9.62 Å². The fourth-order valence-electron chi connectivity index (χ4n) is 3.57. The van der Waals surface area contributed by atoms with Gasteiger partial charge in [0.05, 0.1) is 10.4 Å². The lowest BCUT2D eigenvalue weighted by Crippen LogP contribution is -2.51. The highest BCUT2D eigenvalue weighted by Gasteiger charge is 2.42. The van der Waals surface area contributed by atoms with Crippen LogP contribution in [0.25, 0.3) is 0 Å².